The molecule has 0 unspecified atom stereocenters. The van der Waals surface area contributed by atoms with Gasteiger partial charge in [-0.1, -0.05) is 34.8 Å². The van der Waals surface area contributed by atoms with E-state index in [0.29, 0.717) is 14.2 Å². The first-order valence-electron chi connectivity index (χ1n) is 5.24. The third kappa shape index (κ3) is 3.99. The van der Waals surface area contributed by atoms with Crippen molar-refractivity contribution in [2.24, 2.45) is 0 Å². The summed E-state index contributed by atoms with van der Waals surface area (Å²) in [7, 11) is -3.53. The summed E-state index contributed by atoms with van der Waals surface area (Å²) in [6.07, 6.45) is 1.28. The van der Waals surface area contributed by atoms with Crippen LogP contribution >= 0.6 is 46.1 Å². The molecule has 0 fully saturated rings. The van der Waals surface area contributed by atoms with Gasteiger partial charge in [-0.25, -0.2) is 8.42 Å². The molecule has 9 heteroatoms. The van der Waals surface area contributed by atoms with Gasteiger partial charge in [-0.3, -0.25) is 4.98 Å². The second-order valence-corrected chi connectivity index (χ2v) is 8.79. The van der Waals surface area contributed by atoms with Gasteiger partial charge >= 0.3 is 0 Å². The Hall–Kier alpha value is -0.530. The van der Waals surface area contributed by atoms with Gasteiger partial charge in [0.25, 0.3) is 0 Å². The average Bonchev–Trinajstić information content (AvgIpc) is 2.60. The Bertz CT molecular complexity index is 743. The summed E-state index contributed by atoms with van der Waals surface area (Å²) < 4.78 is 24.9. The Labute approximate surface area is 134 Å². The van der Waals surface area contributed by atoms with E-state index in [1.807, 2.05) is 0 Å². The molecule has 1 N–H and O–H groups in total. The van der Waals surface area contributed by atoms with E-state index in [0.717, 1.165) is 11.3 Å². The average molecular weight is 373 g/mol. The maximum absolute atomic E-state index is 12.1. The third-order valence-electron chi connectivity index (χ3n) is 2.37. The van der Waals surface area contributed by atoms with Crippen LogP contribution in [0.2, 0.25) is 13.7 Å². The summed E-state index contributed by atoms with van der Waals surface area (Å²) in [6, 6.07) is 2.76. The number of rotatable bonds is 4. The molecule has 0 aromatic carbocycles. The molecule has 2 aromatic rings. The number of aromatic hydroxyl groups is 1. The smallest absolute Gasteiger partial charge is 0.160 e. The molecule has 20 heavy (non-hydrogen) atoms. The van der Waals surface area contributed by atoms with E-state index in [2.05, 4.69) is 4.98 Å². The second kappa shape index (κ2) is 6.07. The molecule has 4 nitrogen and oxygen atoms in total. The molecule has 2 aromatic heterocycles. The Morgan fingerprint density at radius 2 is 1.90 bits per heavy atom. The van der Waals surface area contributed by atoms with Crippen molar-refractivity contribution in [3.05, 3.63) is 43.3 Å². The number of thiophene rings is 1. The van der Waals surface area contributed by atoms with Crippen LogP contribution < -0.4 is 0 Å². The van der Waals surface area contributed by atoms with Crippen molar-refractivity contribution in [3.8, 4) is 5.75 Å². The van der Waals surface area contributed by atoms with Crippen molar-refractivity contribution in [2.45, 2.75) is 11.5 Å². The van der Waals surface area contributed by atoms with E-state index in [-0.39, 0.29) is 22.2 Å². The Kier molecular flexibility index (Phi) is 4.81. The summed E-state index contributed by atoms with van der Waals surface area (Å²) in [4.78, 5) is 3.81. The fourth-order valence-corrected chi connectivity index (χ4v) is 4.79. The Morgan fingerprint density at radius 3 is 2.45 bits per heavy atom. The van der Waals surface area contributed by atoms with Crippen molar-refractivity contribution in [3.63, 3.8) is 0 Å². The van der Waals surface area contributed by atoms with Crippen LogP contribution in [0, 0.1) is 0 Å². The molecule has 2 rings (SSSR count). The third-order valence-corrected chi connectivity index (χ3v) is 5.61. The van der Waals surface area contributed by atoms with Crippen LogP contribution in [0.3, 0.4) is 0 Å². The first kappa shape index (κ1) is 15.9. The van der Waals surface area contributed by atoms with Crippen LogP contribution in [0.5, 0.6) is 5.75 Å². The quantitative estimate of drug-likeness (QED) is 0.883. The van der Waals surface area contributed by atoms with Gasteiger partial charge in [-0.2, -0.15) is 0 Å². The van der Waals surface area contributed by atoms with Gasteiger partial charge in [0.15, 0.2) is 9.84 Å². The van der Waals surface area contributed by atoms with Crippen molar-refractivity contribution in [1.82, 2.24) is 4.98 Å². The molecule has 0 saturated carbocycles. The lowest BCUT2D eigenvalue weighted by molar-refractivity contribution is 0.466. The van der Waals surface area contributed by atoms with E-state index in [4.69, 9.17) is 34.8 Å². The zero-order chi connectivity index (χ0) is 14.9. The minimum atomic E-state index is -3.53. The van der Waals surface area contributed by atoms with E-state index >= 15 is 0 Å². The molecular weight excluding hydrogens is 365 g/mol. The number of nitrogens with zero attached hydrogens (tertiary/aromatic N) is 1. The normalized spacial score (nSPS) is 11.8. The van der Waals surface area contributed by atoms with Crippen LogP contribution in [0.1, 0.15) is 11.3 Å². The summed E-state index contributed by atoms with van der Waals surface area (Å²) in [5.41, 5.74) is 0.488. The number of hydrogen-bond donors (Lipinski definition) is 1. The predicted octanol–water partition coefficient (Wildman–Crippen LogP) is 3.92. The molecule has 0 aliphatic rings. The van der Waals surface area contributed by atoms with Gasteiger partial charge in [0, 0.05) is 12.3 Å². The lowest BCUT2D eigenvalue weighted by atomic mass is 10.3. The summed E-state index contributed by atoms with van der Waals surface area (Å²) in [5, 5.41) is 9.86. The molecule has 0 atom stereocenters. The molecule has 0 saturated heterocycles. The standard InChI is InChI=1S/C11H8Cl3NO3S2/c12-7-2-9(16)8(15-3-7)5-20(17,18)4-6-1-10(13)19-11(6)14/h1-3,16H,4-5H2. The zero-order valence-electron chi connectivity index (χ0n) is 9.81. The molecule has 2 heterocycles. The van der Waals surface area contributed by atoms with E-state index in [1.165, 1.54) is 18.3 Å². The van der Waals surface area contributed by atoms with Crippen molar-refractivity contribution >= 4 is 56.0 Å². The molecule has 108 valence electrons. The first-order chi connectivity index (χ1) is 9.27. The Balaban J connectivity index is 2.21. The maximum atomic E-state index is 12.1. The van der Waals surface area contributed by atoms with Crippen LogP contribution in [-0.4, -0.2) is 18.5 Å². The predicted molar refractivity (Wildman–Crippen MR) is 81.6 cm³/mol. The van der Waals surface area contributed by atoms with E-state index in [1.54, 1.807) is 0 Å². The van der Waals surface area contributed by atoms with Gasteiger partial charge in [-0.15, -0.1) is 11.3 Å². The largest absolute Gasteiger partial charge is 0.506 e. The molecule has 0 aliphatic heterocycles. The molecule has 0 radical (unpaired) electrons. The number of hydrogen-bond acceptors (Lipinski definition) is 5. The second-order valence-electron chi connectivity index (χ2n) is 4.00. The topological polar surface area (TPSA) is 67.3 Å². The van der Waals surface area contributed by atoms with Gasteiger partial charge in [0.1, 0.15) is 5.75 Å². The lowest BCUT2D eigenvalue weighted by Crippen LogP contribution is -2.08. The fraction of sp³-hybridized carbons (Fsp3) is 0.182. The Morgan fingerprint density at radius 1 is 1.20 bits per heavy atom. The fourth-order valence-electron chi connectivity index (χ4n) is 1.54. The van der Waals surface area contributed by atoms with Crippen molar-refractivity contribution in [2.75, 3.05) is 0 Å². The minimum Gasteiger partial charge on any atom is -0.506 e. The summed E-state index contributed by atoms with van der Waals surface area (Å²) in [6.45, 7) is 0. The van der Waals surface area contributed by atoms with Gasteiger partial charge < -0.3 is 5.11 Å². The molecule has 0 aliphatic carbocycles. The molecule has 0 bridgehead atoms. The van der Waals surface area contributed by atoms with Crippen LogP contribution in [0.25, 0.3) is 0 Å². The maximum Gasteiger partial charge on any atom is 0.160 e. The number of sulfone groups is 1. The number of halogens is 3. The lowest BCUT2D eigenvalue weighted by Gasteiger charge is -2.05. The van der Waals surface area contributed by atoms with Crippen LogP contribution in [0.15, 0.2) is 18.3 Å². The first-order valence-corrected chi connectivity index (χ1v) is 9.01. The van der Waals surface area contributed by atoms with Crippen LogP contribution in [0.4, 0.5) is 0 Å². The monoisotopic (exact) mass is 371 g/mol. The molecular formula is C11H8Cl3NO3S2. The highest BCUT2D eigenvalue weighted by Gasteiger charge is 2.19. The number of pyridine rings is 1. The van der Waals surface area contributed by atoms with Crippen molar-refractivity contribution < 1.29 is 13.5 Å². The van der Waals surface area contributed by atoms with E-state index in [9.17, 15) is 13.5 Å². The van der Waals surface area contributed by atoms with Crippen molar-refractivity contribution in [1.29, 1.82) is 0 Å². The highest BCUT2D eigenvalue weighted by molar-refractivity contribution is 7.89. The SMILES string of the molecule is O=S(=O)(Cc1cc(Cl)sc1Cl)Cc1ncc(Cl)cc1O. The zero-order valence-corrected chi connectivity index (χ0v) is 13.7. The highest BCUT2D eigenvalue weighted by atomic mass is 35.5. The van der Waals surface area contributed by atoms with Gasteiger partial charge in [-0.05, 0) is 11.6 Å². The highest BCUT2D eigenvalue weighted by Crippen LogP contribution is 2.33. The summed E-state index contributed by atoms with van der Waals surface area (Å²) in [5.74, 6) is -0.922. The molecule has 0 spiro atoms. The van der Waals surface area contributed by atoms with Gasteiger partial charge in [0.05, 0.1) is 30.9 Å². The molecule has 0 amide bonds. The number of aromatic nitrogens is 1. The van der Waals surface area contributed by atoms with Crippen LogP contribution in [-0.2, 0) is 21.3 Å². The summed E-state index contributed by atoms with van der Waals surface area (Å²) >= 11 is 18.4. The van der Waals surface area contributed by atoms with E-state index < -0.39 is 15.6 Å². The van der Waals surface area contributed by atoms with Gasteiger partial charge in [0.2, 0.25) is 0 Å². The minimum absolute atomic E-state index is 0.0480.